The van der Waals surface area contributed by atoms with E-state index in [2.05, 4.69) is 31.7 Å². The third kappa shape index (κ3) is 3.85. The first-order chi connectivity index (χ1) is 11.9. The molecule has 3 aromatic rings. The van der Waals surface area contributed by atoms with E-state index in [1.807, 2.05) is 13.1 Å². The minimum Gasteiger partial charge on any atom is -0.308 e. The summed E-state index contributed by atoms with van der Waals surface area (Å²) >= 11 is 3.43. The van der Waals surface area contributed by atoms with Gasteiger partial charge in [-0.15, -0.1) is 0 Å². The summed E-state index contributed by atoms with van der Waals surface area (Å²) in [5, 5.41) is 9.12. The zero-order chi connectivity index (χ0) is 18.0. The zero-order valence-electron chi connectivity index (χ0n) is 13.1. The maximum Gasteiger partial charge on any atom is 0.323 e. The Balaban J connectivity index is 1.77. The second kappa shape index (κ2) is 7.02. The van der Waals surface area contributed by atoms with Gasteiger partial charge in [-0.3, -0.25) is 4.68 Å². The Morgan fingerprint density at radius 1 is 1.16 bits per heavy atom. The first kappa shape index (κ1) is 17.1. The summed E-state index contributed by atoms with van der Waals surface area (Å²) in [6.07, 6.45) is 1.68. The van der Waals surface area contributed by atoms with Gasteiger partial charge in [0.1, 0.15) is 11.6 Å². The third-order valence-corrected chi connectivity index (χ3v) is 4.05. The first-order valence-corrected chi connectivity index (χ1v) is 8.04. The van der Waals surface area contributed by atoms with Crippen molar-refractivity contribution < 1.29 is 13.6 Å². The van der Waals surface area contributed by atoms with Gasteiger partial charge in [0.25, 0.3) is 0 Å². The van der Waals surface area contributed by atoms with E-state index in [9.17, 15) is 13.6 Å². The van der Waals surface area contributed by atoms with Crippen LogP contribution >= 0.6 is 15.9 Å². The third-order valence-electron chi connectivity index (χ3n) is 3.47. The number of halogens is 3. The molecule has 25 heavy (non-hydrogen) atoms. The number of hydrogen-bond acceptors (Lipinski definition) is 2. The number of aryl methyl sites for hydroxylation is 1. The molecule has 0 saturated heterocycles. The summed E-state index contributed by atoms with van der Waals surface area (Å²) < 4.78 is 29.0. The molecule has 0 fully saturated rings. The molecule has 0 atom stereocenters. The molecule has 5 nitrogen and oxygen atoms in total. The fraction of sp³-hybridized carbons (Fsp3) is 0.0588. The predicted octanol–water partition coefficient (Wildman–Crippen LogP) is 4.77. The highest BCUT2D eigenvalue weighted by atomic mass is 79.9. The van der Waals surface area contributed by atoms with Gasteiger partial charge in [-0.25, -0.2) is 13.6 Å². The number of amides is 2. The maximum atomic E-state index is 13.6. The van der Waals surface area contributed by atoms with Gasteiger partial charge < -0.3 is 10.6 Å². The summed E-state index contributed by atoms with van der Waals surface area (Å²) in [6, 6.07) is 9.43. The van der Waals surface area contributed by atoms with Crippen LogP contribution < -0.4 is 10.6 Å². The lowest BCUT2D eigenvalue weighted by Crippen LogP contribution is -2.20. The van der Waals surface area contributed by atoms with Crippen molar-refractivity contribution in [2.75, 3.05) is 10.6 Å². The number of nitrogens with one attached hydrogen (secondary N) is 2. The molecule has 0 radical (unpaired) electrons. The van der Waals surface area contributed by atoms with Gasteiger partial charge in [0.2, 0.25) is 0 Å². The van der Waals surface area contributed by atoms with Gasteiger partial charge in [0, 0.05) is 24.4 Å². The van der Waals surface area contributed by atoms with Crippen molar-refractivity contribution in [2.45, 2.75) is 0 Å². The molecule has 128 valence electrons. The van der Waals surface area contributed by atoms with Crippen molar-refractivity contribution >= 4 is 33.3 Å². The summed E-state index contributed by atoms with van der Waals surface area (Å²) in [7, 11) is 1.81. The van der Waals surface area contributed by atoms with Crippen molar-refractivity contribution in [1.29, 1.82) is 0 Å². The van der Waals surface area contributed by atoms with Gasteiger partial charge in [0.05, 0.1) is 22.1 Å². The molecule has 2 N–H and O–H groups in total. The second-order valence-electron chi connectivity index (χ2n) is 5.25. The average molecular weight is 407 g/mol. The fourth-order valence-corrected chi connectivity index (χ4v) is 2.93. The number of aromatic nitrogens is 2. The molecule has 1 aromatic heterocycles. The highest BCUT2D eigenvalue weighted by Gasteiger charge is 2.11. The number of nitrogens with zero attached hydrogens (tertiary/aromatic N) is 2. The van der Waals surface area contributed by atoms with Crippen LogP contribution in [0.1, 0.15) is 0 Å². The van der Waals surface area contributed by atoms with Crippen LogP contribution in [0.2, 0.25) is 0 Å². The van der Waals surface area contributed by atoms with Crippen molar-refractivity contribution in [3.8, 4) is 11.3 Å². The first-order valence-electron chi connectivity index (χ1n) is 7.25. The SMILES string of the molecule is Cn1ncc(Br)c1-c1cccc(NC(=O)Nc2ccc(F)cc2F)c1. The topological polar surface area (TPSA) is 59.0 Å². The Kier molecular flexibility index (Phi) is 4.80. The molecule has 2 aromatic carbocycles. The smallest absolute Gasteiger partial charge is 0.308 e. The van der Waals surface area contributed by atoms with Crippen LogP contribution in [0.4, 0.5) is 25.0 Å². The number of carbonyl (C=O) groups excluding carboxylic acids is 1. The lowest BCUT2D eigenvalue weighted by molar-refractivity contribution is 0.262. The molecule has 8 heteroatoms. The van der Waals surface area contributed by atoms with Gasteiger partial charge >= 0.3 is 6.03 Å². The molecule has 2 amide bonds. The lowest BCUT2D eigenvalue weighted by atomic mass is 10.1. The zero-order valence-corrected chi connectivity index (χ0v) is 14.6. The van der Waals surface area contributed by atoms with E-state index >= 15 is 0 Å². The standard InChI is InChI=1S/C17H13BrF2N4O/c1-24-16(13(18)9-21-24)10-3-2-4-12(7-10)22-17(25)23-15-6-5-11(19)8-14(15)20/h2-9H,1H3,(H2,22,23,25). The number of rotatable bonds is 3. The van der Waals surface area contributed by atoms with Crippen LogP contribution in [-0.4, -0.2) is 15.8 Å². The monoisotopic (exact) mass is 406 g/mol. The molecule has 3 rings (SSSR count). The minimum atomic E-state index is -0.845. The molecular formula is C17H13BrF2N4O. The largest absolute Gasteiger partial charge is 0.323 e. The molecular weight excluding hydrogens is 394 g/mol. The van der Waals surface area contributed by atoms with Gasteiger partial charge in [0.15, 0.2) is 0 Å². The van der Waals surface area contributed by atoms with E-state index in [0.717, 1.165) is 27.9 Å². The van der Waals surface area contributed by atoms with E-state index < -0.39 is 17.7 Å². The Bertz CT molecular complexity index is 923. The van der Waals surface area contributed by atoms with E-state index in [4.69, 9.17) is 0 Å². The summed E-state index contributed by atoms with van der Waals surface area (Å²) in [5.41, 5.74) is 2.11. The molecule has 0 spiro atoms. The van der Waals surface area contributed by atoms with E-state index in [1.165, 1.54) is 0 Å². The van der Waals surface area contributed by atoms with Crippen LogP contribution in [0.15, 0.2) is 53.1 Å². The summed E-state index contributed by atoms with van der Waals surface area (Å²) in [4.78, 5) is 12.0. The Labute approximate surface area is 150 Å². The highest BCUT2D eigenvalue weighted by molar-refractivity contribution is 9.10. The van der Waals surface area contributed by atoms with Crippen molar-refractivity contribution in [1.82, 2.24) is 9.78 Å². The fourth-order valence-electron chi connectivity index (χ4n) is 2.36. The van der Waals surface area contributed by atoms with E-state index in [-0.39, 0.29) is 5.69 Å². The Morgan fingerprint density at radius 2 is 1.96 bits per heavy atom. The summed E-state index contributed by atoms with van der Waals surface area (Å²) in [5.74, 6) is -1.55. The maximum absolute atomic E-state index is 13.6. The normalized spacial score (nSPS) is 10.6. The van der Waals surface area contributed by atoms with Crippen LogP contribution in [0.25, 0.3) is 11.3 Å². The van der Waals surface area contributed by atoms with Crippen LogP contribution in [0.3, 0.4) is 0 Å². The van der Waals surface area contributed by atoms with Crippen LogP contribution in [-0.2, 0) is 7.05 Å². The highest BCUT2D eigenvalue weighted by Crippen LogP contribution is 2.29. The van der Waals surface area contributed by atoms with Gasteiger partial charge in [-0.1, -0.05) is 12.1 Å². The molecule has 1 heterocycles. The molecule has 0 aliphatic heterocycles. The van der Waals surface area contributed by atoms with Crippen LogP contribution in [0.5, 0.6) is 0 Å². The van der Waals surface area contributed by atoms with E-state index in [1.54, 1.807) is 29.1 Å². The molecule has 0 bridgehead atoms. The number of urea groups is 1. The molecule has 0 saturated carbocycles. The number of carbonyl (C=O) groups is 1. The number of benzene rings is 2. The quantitative estimate of drug-likeness (QED) is 0.657. The lowest BCUT2D eigenvalue weighted by Gasteiger charge is -2.10. The summed E-state index contributed by atoms with van der Waals surface area (Å²) in [6.45, 7) is 0. The minimum absolute atomic E-state index is 0.107. The Morgan fingerprint density at radius 3 is 2.64 bits per heavy atom. The van der Waals surface area contributed by atoms with Gasteiger partial charge in [-0.2, -0.15) is 5.10 Å². The second-order valence-corrected chi connectivity index (χ2v) is 6.10. The number of anilines is 2. The van der Waals surface area contributed by atoms with E-state index in [0.29, 0.717) is 11.8 Å². The molecule has 0 aliphatic carbocycles. The molecule has 0 aliphatic rings. The average Bonchev–Trinajstić information content (AvgIpc) is 2.89. The molecule has 0 unspecified atom stereocenters. The Hall–Kier alpha value is -2.74. The van der Waals surface area contributed by atoms with Gasteiger partial charge in [-0.05, 0) is 40.2 Å². The predicted molar refractivity (Wildman–Crippen MR) is 95.3 cm³/mol. The van der Waals surface area contributed by atoms with Crippen LogP contribution in [0, 0.1) is 11.6 Å². The van der Waals surface area contributed by atoms with Crippen molar-refractivity contribution in [3.63, 3.8) is 0 Å². The van der Waals surface area contributed by atoms with Crippen molar-refractivity contribution in [2.24, 2.45) is 7.05 Å². The van der Waals surface area contributed by atoms with Crippen molar-refractivity contribution in [3.05, 3.63) is 64.8 Å². The number of hydrogen-bond donors (Lipinski definition) is 2.